The van der Waals surface area contributed by atoms with E-state index in [1.807, 2.05) is 0 Å². The molecule has 4 N–H and O–H groups in total. The van der Waals surface area contributed by atoms with Crippen LogP contribution in [0.1, 0.15) is 26.2 Å². The van der Waals surface area contributed by atoms with Gasteiger partial charge in [0.25, 0.3) is 0 Å². The second-order valence-corrected chi connectivity index (χ2v) is 8.86. The van der Waals surface area contributed by atoms with Gasteiger partial charge in [-0.05, 0) is 50.2 Å². The lowest BCUT2D eigenvalue weighted by atomic mass is 9.84. The van der Waals surface area contributed by atoms with Crippen LogP contribution in [0.3, 0.4) is 0 Å². The molecule has 2 fully saturated rings. The summed E-state index contributed by atoms with van der Waals surface area (Å²) in [7, 11) is -1.95. The molecule has 4 atom stereocenters. The first-order chi connectivity index (χ1) is 11.8. The third-order valence-electron chi connectivity index (χ3n) is 5.40. The zero-order chi connectivity index (χ0) is 18.2. The third kappa shape index (κ3) is 4.07. The normalized spacial score (nSPS) is 26.9. The second kappa shape index (κ2) is 8.02. The van der Waals surface area contributed by atoms with Crippen molar-refractivity contribution in [2.75, 3.05) is 22.9 Å². The van der Waals surface area contributed by atoms with Gasteiger partial charge in [-0.1, -0.05) is 0 Å². The highest BCUT2D eigenvalue weighted by molar-refractivity contribution is 7.92. The van der Waals surface area contributed by atoms with Crippen LogP contribution in [0.5, 0.6) is 5.75 Å². The molecule has 146 valence electrons. The Morgan fingerprint density at radius 1 is 1.31 bits per heavy atom. The van der Waals surface area contributed by atoms with Gasteiger partial charge in [0.15, 0.2) is 0 Å². The largest absolute Gasteiger partial charge is 0.494 e. The highest BCUT2D eigenvalue weighted by atomic mass is 35.5. The maximum absolute atomic E-state index is 12.6. The van der Waals surface area contributed by atoms with Gasteiger partial charge in [0.05, 0.1) is 24.5 Å². The number of halogens is 1. The summed E-state index contributed by atoms with van der Waals surface area (Å²) in [4.78, 5) is 12.6. The third-order valence-corrected chi connectivity index (χ3v) is 6.69. The van der Waals surface area contributed by atoms with E-state index in [0.717, 1.165) is 19.3 Å². The highest BCUT2D eigenvalue weighted by Gasteiger charge is 2.49. The first kappa shape index (κ1) is 20.8. The van der Waals surface area contributed by atoms with Crippen molar-refractivity contribution in [1.82, 2.24) is 0 Å². The number of fused-ring (bicyclic) bond motifs is 2. The molecule has 0 heterocycles. The number of methoxy groups -OCH3 is 1. The Labute approximate surface area is 160 Å². The lowest BCUT2D eigenvalue weighted by Crippen LogP contribution is -2.42. The molecule has 1 aromatic rings. The predicted octanol–water partition coefficient (Wildman–Crippen LogP) is 2.19. The molecule has 3 rings (SSSR count). The van der Waals surface area contributed by atoms with Crippen molar-refractivity contribution >= 4 is 39.7 Å². The molecule has 2 aliphatic carbocycles. The number of anilines is 2. The van der Waals surface area contributed by atoms with Gasteiger partial charge in [-0.3, -0.25) is 9.52 Å². The lowest BCUT2D eigenvalue weighted by Gasteiger charge is -2.27. The van der Waals surface area contributed by atoms with E-state index >= 15 is 0 Å². The summed E-state index contributed by atoms with van der Waals surface area (Å²) in [5.41, 5.74) is 7.13. The molecule has 7 nitrogen and oxygen atoms in total. The van der Waals surface area contributed by atoms with Crippen LogP contribution < -0.4 is 20.5 Å². The Bertz CT molecular complexity index is 769. The molecule has 9 heteroatoms. The van der Waals surface area contributed by atoms with Gasteiger partial charge in [0, 0.05) is 17.8 Å². The van der Waals surface area contributed by atoms with Gasteiger partial charge < -0.3 is 15.8 Å². The molecule has 1 amide bonds. The topological polar surface area (TPSA) is 111 Å². The summed E-state index contributed by atoms with van der Waals surface area (Å²) >= 11 is 0. The SMILES string of the molecule is CCS(=O)(=O)Nc1ccc(NC(=O)C2C3CCC(C3)C2N)cc1OC.Cl. The van der Waals surface area contributed by atoms with Crippen LogP contribution in [0.15, 0.2) is 18.2 Å². The molecule has 2 bridgehead atoms. The van der Waals surface area contributed by atoms with Crippen molar-refractivity contribution in [3.63, 3.8) is 0 Å². The zero-order valence-electron chi connectivity index (χ0n) is 14.9. The Kier molecular flexibility index (Phi) is 6.42. The molecular weight excluding hydrogens is 378 g/mol. The minimum Gasteiger partial charge on any atom is -0.494 e. The number of carbonyl (C=O) groups is 1. The van der Waals surface area contributed by atoms with Crippen molar-refractivity contribution in [3.05, 3.63) is 18.2 Å². The van der Waals surface area contributed by atoms with E-state index < -0.39 is 10.0 Å². The number of rotatable bonds is 6. The monoisotopic (exact) mass is 403 g/mol. The molecule has 2 saturated carbocycles. The average molecular weight is 404 g/mol. The number of sulfonamides is 1. The standard InChI is InChI=1S/C17H25N3O4S.ClH/c1-3-25(22,23)20-13-7-6-12(9-14(13)24-2)19-17(21)15-10-4-5-11(8-10)16(15)18;/h6-7,9-11,15-16,20H,3-5,8,18H2,1-2H3,(H,19,21);1H. The summed E-state index contributed by atoms with van der Waals surface area (Å²) in [6.07, 6.45) is 3.23. The summed E-state index contributed by atoms with van der Waals surface area (Å²) in [6.45, 7) is 1.56. The van der Waals surface area contributed by atoms with Crippen molar-refractivity contribution < 1.29 is 17.9 Å². The maximum atomic E-state index is 12.6. The van der Waals surface area contributed by atoms with Crippen LogP contribution in [0, 0.1) is 17.8 Å². The van der Waals surface area contributed by atoms with Gasteiger partial charge >= 0.3 is 0 Å². The van der Waals surface area contributed by atoms with E-state index in [4.69, 9.17) is 10.5 Å². The first-order valence-corrected chi connectivity index (χ1v) is 10.2. The molecule has 4 unspecified atom stereocenters. The van der Waals surface area contributed by atoms with Crippen LogP contribution in [0.4, 0.5) is 11.4 Å². The summed E-state index contributed by atoms with van der Waals surface area (Å²) < 4.78 is 31.2. The number of ether oxygens (including phenoxy) is 1. The second-order valence-electron chi connectivity index (χ2n) is 6.85. The van der Waals surface area contributed by atoms with E-state index in [-0.39, 0.29) is 36.0 Å². The van der Waals surface area contributed by atoms with Gasteiger partial charge in [-0.2, -0.15) is 0 Å². The minimum absolute atomic E-state index is 0. The fraction of sp³-hybridized carbons (Fsp3) is 0.588. The van der Waals surface area contributed by atoms with Crippen molar-refractivity contribution in [3.8, 4) is 5.75 Å². The number of hydrogen-bond donors (Lipinski definition) is 3. The zero-order valence-corrected chi connectivity index (χ0v) is 16.5. The van der Waals surface area contributed by atoms with E-state index in [2.05, 4.69) is 10.0 Å². The average Bonchev–Trinajstić information content (AvgIpc) is 3.17. The summed E-state index contributed by atoms with van der Waals surface area (Å²) in [6, 6.07) is 4.79. The molecule has 1 aromatic carbocycles. The predicted molar refractivity (Wildman–Crippen MR) is 104 cm³/mol. The van der Waals surface area contributed by atoms with Crippen molar-refractivity contribution in [2.24, 2.45) is 23.5 Å². The highest BCUT2D eigenvalue weighted by Crippen LogP contribution is 2.48. The number of carbonyl (C=O) groups excluding carboxylic acids is 1. The van der Waals surface area contributed by atoms with Gasteiger partial charge in [0.1, 0.15) is 5.75 Å². The Morgan fingerprint density at radius 3 is 2.58 bits per heavy atom. The van der Waals surface area contributed by atoms with Crippen LogP contribution in [-0.4, -0.2) is 33.2 Å². The molecule has 0 spiro atoms. The number of benzene rings is 1. The molecule has 26 heavy (non-hydrogen) atoms. The fourth-order valence-electron chi connectivity index (χ4n) is 4.04. The quantitative estimate of drug-likeness (QED) is 0.674. The van der Waals surface area contributed by atoms with Gasteiger partial charge in [-0.15, -0.1) is 12.4 Å². The lowest BCUT2D eigenvalue weighted by molar-refractivity contribution is -0.121. The van der Waals surface area contributed by atoms with Crippen LogP contribution in [-0.2, 0) is 14.8 Å². The number of nitrogens with two attached hydrogens (primary N) is 1. The molecule has 0 aromatic heterocycles. The number of nitrogens with one attached hydrogen (secondary N) is 2. The number of hydrogen-bond acceptors (Lipinski definition) is 5. The van der Waals surface area contributed by atoms with Crippen molar-refractivity contribution in [1.29, 1.82) is 0 Å². The molecular formula is C17H26ClN3O4S. The Morgan fingerprint density at radius 2 is 2.00 bits per heavy atom. The molecule has 0 saturated heterocycles. The van der Waals surface area contributed by atoms with Crippen LogP contribution >= 0.6 is 12.4 Å². The van der Waals surface area contributed by atoms with Crippen molar-refractivity contribution in [2.45, 2.75) is 32.2 Å². The maximum Gasteiger partial charge on any atom is 0.232 e. The summed E-state index contributed by atoms with van der Waals surface area (Å²) in [5, 5.41) is 2.90. The van der Waals surface area contributed by atoms with Crippen LogP contribution in [0.2, 0.25) is 0 Å². The number of amides is 1. The van der Waals surface area contributed by atoms with E-state index in [9.17, 15) is 13.2 Å². The van der Waals surface area contributed by atoms with E-state index in [0.29, 0.717) is 29.0 Å². The van der Waals surface area contributed by atoms with Crippen LogP contribution in [0.25, 0.3) is 0 Å². The first-order valence-electron chi connectivity index (χ1n) is 8.59. The molecule has 2 aliphatic rings. The Hall–Kier alpha value is -1.51. The van der Waals surface area contributed by atoms with Gasteiger partial charge in [0.2, 0.25) is 15.9 Å². The molecule has 0 aliphatic heterocycles. The van der Waals surface area contributed by atoms with E-state index in [1.54, 1.807) is 25.1 Å². The summed E-state index contributed by atoms with van der Waals surface area (Å²) in [5.74, 6) is 0.939. The van der Waals surface area contributed by atoms with E-state index in [1.165, 1.54) is 7.11 Å². The fourth-order valence-corrected chi connectivity index (χ4v) is 4.69. The smallest absolute Gasteiger partial charge is 0.232 e. The van der Waals surface area contributed by atoms with Gasteiger partial charge in [-0.25, -0.2) is 8.42 Å². The molecule has 0 radical (unpaired) electrons. The Balaban J connectivity index is 0.00000243. The minimum atomic E-state index is -3.40.